The van der Waals surface area contributed by atoms with E-state index in [1.165, 1.54) is 0 Å². The molecule has 1 N–H and O–H groups in total. The molecule has 2 aliphatic rings. The Bertz CT molecular complexity index is 823. The van der Waals surface area contributed by atoms with Gasteiger partial charge in [0.2, 0.25) is 0 Å². The molecule has 130 valence electrons. The van der Waals surface area contributed by atoms with Crippen LogP contribution in [0.1, 0.15) is 34.5 Å². The van der Waals surface area contributed by atoms with E-state index in [-0.39, 0.29) is 17.0 Å². The van der Waals surface area contributed by atoms with Crippen LogP contribution in [0.5, 0.6) is 0 Å². The molecular weight excluding hydrogens is 316 g/mol. The van der Waals surface area contributed by atoms with E-state index in [0.29, 0.717) is 13.1 Å². The Hall–Kier alpha value is -2.63. The Morgan fingerprint density at radius 2 is 1.88 bits per heavy atom. The van der Waals surface area contributed by atoms with Crippen molar-refractivity contribution in [1.82, 2.24) is 14.9 Å². The Labute approximate surface area is 146 Å². The second-order valence-electron chi connectivity index (χ2n) is 6.69. The maximum atomic E-state index is 12.8. The number of hydrogen-bond acceptors (Lipinski definition) is 4. The fourth-order valence-corrected chi connectivity index (χ4v) is 3.68. The van der Waals surface area contributed by atoms with Crippen LogP contribution in [-0.4, -0.2) is 47.0 Å². The lowest BCUT2D eigenvalue weighted by Crippen LogP contribution is -2.50. The molecule has 4 rings (SSSR count). The van der Waals surface area contributed by atoms with E-state index in [0.717, 1.165) is 55.8 Å². The molecule has 2 aromatic rings. The zero-order chi connectivity index (χ0) is 17.2. The van der Waals surface area contributed by atoms with Gasteiger partial charge in [0.1, 0.15) is 11.4 Å². The van der Waals surface area contributed by atoms with Gasteiger partial charge in [-0.1, -0.05) is 6.07 Å². The fraction of sp³-hybridized carbons (Fsp3) is 0.421. The third-order valence-electron chi connectivity index (χ3n) is 5.11. The number of H-pyrrole nitrogens is 1. The number of aryl methyl sites for hydroxylation is 2. The molecule has 1 fully saturated rings. The molecule has 0 radical (unpaired) electrons. The number of fused-ring (bicyclic) bond motifs is 1. The first-order valence-electron chi connectivity index (χ1n) is 8.93. The monoisotopic (exact) mass is 338 g/mol. The Kier molecular flexibility index (Phi) is 4.26. The van der Waals surface area contributed by atoms with Crippen molar-refractivity contribution >= 4 is 11.7 Å². The topological polar surface area (TPSA) is 69.3 Å². The van der Waals surface area contributed by atoms with Crippen LogP contribution in [0.4, 0.5) is 5.82 Å². The third-order valence-corrected chi connectivity index (χ3v) is 5.11. The van der Waals surface area contributed by atoms with Gasteiger partial charge >= 0.3 is 0 Å². The minimum Gasteiger partial charge on any atom is -0.353 e. The van der Waals surface area contributed by atoms with Crippen molar-refractivity contribution in [2.75, 3.05) is 31.1 Å². The molecule has 6 heteroatoms. The van der Waals surface area contributed by atoms with Gasteiger partial charge in [-0.2, -0.15) is 0 Å². The van der Waals surface area contributed by atoms with Gasteiger partial charge in [-0.15, -0.1) is 0 Å². The summed E-state index contributed by atoms with van der Waals surface area (Å²) in [6.07, 6.45) is 5.85. The summed E-state index contributed by atoms with van der Waals surface area (Å²) in [7, 11) is 0. The van der Waals surface area contributed by atoms with Crippen LogP contribution >= 0.6 is 0 Å². The van der Waals surface area contributed by atoms with Crippen LogP contribution in [0.3, 0.4) is 0 Å². The van der Waals surface area contributed by atoms with Gasteiger partial charge in [0.05, 0.1) is 0 Å². The van der Waals surface area contributed by atoms with Gasteiger partial charge in [-0.25, -0.2) is 4.98 Å². The van der Waals surface area contributed by atoms with Crippen LogP contribution in [0.25, 0.3) is 0 Å². The second-order valence-corrected chi connectivity index (χ2v) is 6.69. The minimum atomic E-state index is -0.252. The predicted molar refractivity (Wildman–Crippen MR) is 96.1 cm³/mol. The summed E-state index contributed by atoms with van der Waals surface area (Å²) in [5.74, 6) is 0.775. The zero-order valence-electron chi connectivity index (χ0n) is 14.2. The van der Waals surface area contributed by atoms with E-state index in [2.05, 4.69) is 14.9 Å². The van der Waals surface area contributed by atoms with Crippen LogP contribution < -0.4 is 10.5 Å². The number of rotatable bonds is 2. The molecule has 0 saturated carbocycles. The highest BCUT2D eigenvalue weighted by atomic mass is 16.2. The molecule has 0 aromatic carbocycles. The minimum absolute atomic E-state index is 0.157. The lowest BCUT2D eigenvalue weighted by Gasteiger charge is -2.35. The number of nitrogens with zero attached hydrogens (tertiary/aromatic N) is 3. The molecule has 2 aromatic heterocycles. The fourth-order valence-electron chi connectivity index (χ4n) is 3.68. The van der Waals surface area contributed by atoms with Gasteiger partial charge in [-0.05, 0) is 49.4 Å². The van der Waals surface area contributed by atoms with Gasteiger partial charge < -0.3 is 14.8 Å². The Morgan fingerprint density at radius 3 is 2.64 bits per heavy atom. The summed E-state index contributed by atoms with van der Waals surface area (Å²) in [6.45, 7) is 2.66. The molecule has 0 unspecified atom stereocenters. The van der Waals surface area contributed by atoms with Crippen molar-refractivity contribution < 1.29 is 4.79 Å². The van der Waals surface area contributed by atoms with Crippen molar-refractivity contribution in [2.45, 2.75) is 25.7 Å². The molecule has 1 amide bonds. The van der Waals surface area contributed by atoms with E-state index >= 15 is 0 Å². The Balaban J connectivity index is 1.48. The second kappa shape index (κ2) is 6.70. The molecule has 0 spiro atoms. The average Bonchev–Trinajstić information content (AvgIpc) is 2.68. The van der Waals surface area contributed by atoms with Crippen LogP contribution in [-0.2, 0) is 12.8 Å². The van der Waals surface area contributed by atoms with Gasteiger partial charge in [0, 0.05) is 38.1 Å². The van der Waals surface area contributed by atoms with E-state index in [1.807, 2.05) is 24.3 Å². The molecule has 6 nitrogen and oxygen atoms in total. The summed E-state index contributed by atoms with van der Waals surface area (Å²) < 4.78 is 0. The molecule has 0 atom stereocenters. The predicted octanol–water partition coefficient (Wildman–Crippen LogP) is 1.61. The largest absolute Gasteiger partial charge is 0.353 e. The third kappa shape index (κ3) is 3.16. The maximum absolute atomic E-state index is 12.8. The SMILES string of the molecule is O=C(c1cc2c([nH]c1=O)CCCC2)N1CCN(c2ccccn2)CC1. The first-order chi connectivity index (χ1) is 12.2. The van der Waals surface area contributed by atoms with Gasteiger partial charge in [-0.3, -0.25) is 9.59 Å². The lowest BCUT2D eigenvalue weighted by molar-refractivity contribution is 0.0744. The molecule has 0 bridgehead atoms. The van der Waals surface area contributed by atoms with Gasteiger partial charge in [0.15, 0.2) is 0 Å². The molecule has 1 saturated heterocycles. The van der Waals surface area contributed by atoms with Crippen LogP contribution in [0, 0.1) is 0 Å². The highest BCUT2D eigenvalue weighted by molar-refractivity contribution is 5.94. The number of anilines is 1. The Morgan fingerprint density at radius 1 is 1.08 bits per heavy atom. The van der Waals surface area contributed by atoms with Crippen molar-refractivity contribution in [3.8, 4) is 0 Å². The first kappa shape index (κ1) is 15.9. The number of nitrogens with one attached hydrogen (secondary N) is 1. The number of pyridine rings is 2. The summed E-state index contributed by atoms with van der Waals surface area (Å²) >= 11 is 0. The first-order valence-corrected chi connectivity index (χ1v) is 8.93. The van der Waals surface area contributed by atoms with Crippen molar-refractivity contribution in [2.24, 2.45) is 0 Å². The van der Waals surface area contributed by atoms with Crippen LogP contribution in [0.15, 0.2) is 35.3 Å². The summed E-state index contributed by atoms with van der Waals surface area (Å²) in [6, 6.07) is 7.66. The molecule has 25 heavy (non-hydrogen) atoms. The smallest absolute Gasteiger partial charge is 0.261 e. The quantitative estimate of drug-likeness (QED) is 0.903. The average molecular weight is 338 g/mol. The number of piperazine rings is 1. The van der Waals surface area contributed by atoms with E-state index in [4.69, 9.17) is 0 Å². The summed E-state index contributed by atoms with van der Waals surface area (Å²) in [5.41, 5.74) is 2.17. The summed E-state index contributed by atoms with van der Waals surface area (Å²) in [5, 5.41) is 0. The van der Waals surface area contributed by atoms with Crippen molar-refractivity contribution in [3.63, 3.8) is 0 Å². The molecular formula is C19H22N4O2. The van der Waals surface area contributed by atoms with E-state index < -0.39 is 0 Å². The number of carbonyl (C=O) groups excluding carboxylic acids is 1. The van der Waals surface area contributed by atoms with E-state index in [1.54, 1.807) is 11.1 Å². The normalized spacial score (nSPS) is 17.3. The highest BCUT2D eigenvalue weighted by Gasteiger charge is 2.25. The number of hydrogen-bond donors (Lipinski definition) is 1. The molecule has 1 aliphatic heterocycles. The lowest BCUT2D eigenvalue weighted by atomic mass is 9.95. The van der Waals surface area contributed by atoms with Gasteiger partial charge in [0.25, 0.3) is 11.5 Å². The number of aromatic nitrogens is 2. The van der Waals surface area contributed by atoms with Crippen molar-refractivity contribution in [1.29, 1.82) is 0 Å². The van der Waals surface area contributed by atoms with Crippen molar-refractivity contribution in [3.05, 3.63) is 57.6 Å². The maximum Gasteiger partial charge on any atom is 0.261 e. The molecule has 1 aliphatic carbocycles. The van der Waals surface area contributed by atoms with Crippen LogP contribution in [0.2, 0.25) is 0 Å². The highest BCUT2D eigenvalue weighted by Crippen LogP contribution is 2.20. The standard InChI is InChI=1S/C19H22N4O2/c24-18-15(13-14-5-1-2-6-16(14)21-18)19(25)23-11-9-22(10-12-23)17-7-3-4-8-20-17/h3-4,7-8,13H,1-2,5-6,9-12H2,(H,21,24). The number of amides is 1. The molecule has 3 heterocycles. The summed E-state index contributed by atoms with van der Waals surface area (Å²) in [4.78, 5) is 36.4. The number of carbonyl (C=O) groups is 1. The zero-order valence-corrected chi connectivity index (χ0v) is 14.2. The number of aromatic amines is 1. The van der Waals surface area contributed by atoms with E-state index in [9.17, 15) is 9.59 Å².